The first-order valence-corrected chi connectivity index (χ1v) is 14.3. The van der Waals surface area contributed by atoms with Crippen LogP contribution in [-0.2, 0) is 14.2 Å². The third-order valence-electron chi connectivity index (χ3n) is 6.59. The molecule has 0 aliphatic carbocycles. The van der Waals surface area contributed by atoms with E-state index >= 15 is 0 Å². The molecule has 40 heavy (non-hydrogen) atoms. The van der Waals surface area contributed by atoms with E-state index < -0.39 is 23.5 Å². The molecular weight excluding hydrogens is 506 g/mol. The van der Waals surface area contributed by atoms with E-state index in [1.165, 1.54) is 4.90 Å². The molecule has 1 aromatic carbocycles. The fourth-order valence-corrected chi connectivity index (χ4v) is 4.09. The minimum absolute atomic E-state index is 0.0950. The van der Waals surface area contributed by atoms with Crippen LogP contribution in [0.4, 0.5) is 10.5 Å². The number of amides is 1. The monoisotopic (exact) mass is 555 g/mol. The summed E-state index contributed by atoms with van der Waals surface area (Å²) < 4.78 is 23.1. The summed E-state index contributed by atoms with van der Waals surface area (Å²) in [5, 5.41) is 0. The molecule has 1 aromatic rings. The fourth-order valence-electron chi connectivity index (χ4n) is 4.09. The molecule has 1 aliphatic rings. The number of benzene rings is 1. The van der Waals surface area contributed by atoms with Crippen LogP contribution >= 0.6 is 0 Å². The molecule has 0 N–H and O–H groups in total. The van der Waals surface area contributed by atoms with Crippen molar-refractivity contribution in [1.29, 1.82) is 0 Å². The Morgan fingerprint density at radius 2 is 1.65 bits per heavy atom. The minimum atomic E-state index is -1.13. The molecule has 0 saturated carbocycles. The van der Waals surface area contributed by atoms with Gasteiger partial charge >= 0.3 is 12.1 Å². The van der Waals surface area contributed by atoms with Crippen LogP contribution in [0.2, 0.25) is 0 Å². The van der Waals surface area contributed by atoms with Crippen molar-refractivity contribution in [3.05, 3.63) is 53.6 Å². The second-order valence-corrected chi connectivity index (χ2v) is 12.0. The molecule has 1 amide bonds. The van der Waals surface area contributed by atoms with E-state index in [1.54, 1.807) is 26.0 Å². The van der Waals surface area contributed by atoms with Crippen molar-refractivity contribution >= 4 is 23.8 Å². The molecule has 0 unspecified atom stereocenters. The van der Waals surface area contributed by atoms with Crippen molar-refractivity contribution in [3.63, 3.8) is 0 Å². The lowest BCUT2D eigenvalue weighted by atomic mass is 9.94. The number of anilines is 1. The van der Waals surface area contributed by atoms with Crippen LogP contribution in [0.25, 0.3) is 6.08 Å². The van der Waals surface area contributed by atoms with Crippen LogP contribution in [0.3, 0.4) is 0 Å². The Bertz CT molecular complexity index is 1110. The smallest absolute Gasteiger partial charge is 0.414 e. The number of rotatable bonds is 11. The van der Waals surface area contributed by atoms with Crippen LogP contribution in [0.5, 0.6) is 5.75 Å². The molecule has 0 fully saturated rings. The lowest BCUT2D eigenvalue weighted by Crippen LogP contribution is -2.40. The summed E-state index contributed by atoms with van der Waals surface area (Å²) in [4.78, 5) is 27.5. The summed E-state index contributed by atoms with van der Waals surface area (Å²) in [6, 6.07) is 3.47. The van der Waals surface area contributed by atoms with Gasteiger partial charge in [-0.25, -0.2) is 9.59 Å². The van der Waals surface area contributed by atoms with Gasteiger partial charge in [0.05, 0.1) is 11.8 Å². The highest BCUT2D eigenvalue weighted by Crippen LogP contribution is 2.38. The van der Waals surface area contributed by atoms with Crippen LogP contribution in [0.1, 0.15) is 92.1 Å². The Labute approximate surface area is 241 Å². The van der Waals surface area contributed by atoms with E-state index in [-0.39, 0.29) is 12.0 Å². The molecule has 0 radical (unpaired) electrons. The highest BCUT2D eigenvalue weighted by Gasteiger charge is 2.36. The summed E-state index contributed by atoms with van der Waals surface area (Å²) in [7, 11) is 0. The Kier molecular flexibility index (Phi) is 11.6. The van der Waals surface area contributed by atoms with E-state index in [1.807, 2.05) is 58.9 Å². The Balaban J connectivity index is 2.43. The normalized spacial score (nSPS) is 17.6. The minimum Gasteiger partial charge on any atom is -0.452 e. The summed E-state index contributed by atoms with van der Waals surface area (Å²) in [6.45, 7) is 22.4. The van der Waals surface area contributed by atoms with Crippen molar-refractivity contribution in [3.8, 4) is 5.75 Å². The molecular formula is C33H49NO6. The first-order chi connectivity index (χ1) is 18.6. The predicted molar refractivity (Wildman–Crippen MR) is 162 cm³/mol. The number of fused-ring (bicyclic) bond motifs is 1. The van der Waals surface area contributed by atoms with Gasteiger partial charge in [-0.1, -0.05) is 64.2 Å². The van der Waals surface area contributed by atoms with Gasteiger partial charge in [0.2, 0.25) is 5.79 Å². The van der Waals surface area contributed by atoms with Crippen molar-refractivity contribution in [2.24, 2.45) is 17.8 Å². The zero-order chi connectivity index (χ0) is 30.3. The first kappa shape index (κ1) is 33.1. The second-order valence-electron chi connectivity index (χ2n) is 12.0. The SMILES string of the molecule is CCO[C@@H](/C=C\C=C\c1cc(N(CC)C(=O)OC(C)(C)C)cc2c1C(=O)OC(C)(C)O2)[C@@H](C)/C=C\[C@@H](C)C(C)C. The van der Waals surface area contributed by atoms with Gasteiger partial charge < -0.3 is 18.9 Å². The summed E-state index contributed by atoms with van der Waals surface area (Å²) in [5.74, 6) is 0.00585. The Hall–Kier alpha value is -3.06. The third kappa shape index (κ3) is 9.54. The maximum absolute atomic E-state index is 13.0. The lowest BCUT2D eigenvalue weighted by molar-refractivity contribution is -0.127. The lowest BCUT2D eigenvalue weighted by Gasteiger charge is -2.33. The van der Waals surface area contributed by atoms with Gasteiger partial charge in [0, 0.05) is 39.0 Å². The number of hydrogen-bond acceptors (Lipinski definition) is 6. The zero-order valence-electron chi connectivity index (χ0n) is 26.2. The number of cyclic esters (lactones) is 1. The summed E-state index contributed by atoms with van der Waals surface area (Å²) in [5.41, 5.74) is 0.805. The number of hydrogen-bond donors (Lipinski definition) is 0. The van der Waals surface area contributed by atoms with E-state index in [4.69, 9.17) is 18.9 Å². The number of esters is 1. The van der Waals surface area contributed by atoms with Gasteiger partial charge in [-0.05, 0) is 58.1 Å². The number of allylic oxidation sites excluding steroid dienone is 3. The fraction of sp³-hybridized carbons (Fsp3) is 0.576. The average Bonchev–Trinajstić information content (AvgIpc) is 2.82. The number of nitrogens with zero attached hydrogens (tertiary/aromatic N) is 1. The number of carbonyl (C=O) groups is 2. The molecule has 0 aromatic heterocycles. The maximum atomic E-state index is 13.0. The molecule has 3 atom stereocenters. The molecule has 0 bridgehead atoms. The van der Waals surface area contributed by atoms with Gasteiger partial charge in [-0.15, -0.1) is 0 Å². The average molecular weight is 556 g/mol. The van der Waals surface area contributed by atoms with Gasteiger partial charge in [-0.3, -0.25) is 4.90 Å². The predicted octanol–water partition coefficient (Wildman–Crippen LogP) is 8.19. The topological polar surface area (TPSA) is 74.3 Å². The van der Waals surface area contributed by atoms with Gasteiger partial charge in [0.25, 0.3) is 0 Å². The van der Waals surface area contributed by atoms with E-state index in [2.05, 4.69) is 39.8 Å². The molecule has 2 rings (SSSR count). The standard InChI is InChI=1S/C33H49NO6/c1-12-34(31(36)40-32(7,8)9)26-20-25(29-28(21-26)38-33(10,11)39-30(29)35)16-14-15-17-27(37-13-2)24(6)19-18-23(5)22(3)4/h14-24,27H,12-13H2,1-11H3/b16-14+,17-15-,19-18-/t23-,24+,27+/m1/s1. The quantitative estimate of drug-likeness (QED) is 0.156. The Morgan fingerprint density at radius 3 is 2.23 bits per heavy atom. The zero-order valence-corrected chi connectivity index (χ0v) is 26.2. The van der Waals surface area contributed by atoms with Crippen LogP contribution in [-0.4, -0.2) is 42.7 Å². The van der Waals surface area contributed by atoms with Gasteiger partial charge in [0.1, 0.15) is 16.9 Å². The molecule has 1 heterocycles. The van der Waals surface area contributed by atoms with Gasteiger partial charge in [-0.2, -0.15) is 0 Å². The van der Waals surface area contributed by atoms with Gasteiger partial charge in [0.15, 0.2) is 0 Å². The van der Waals surface area contributed by atoms with Crippen LogP contribution in [0.15, 0.2) is 42.5 Å². The summed E-state index contributed by atoms with van der Waals surface area (Å²) >= 11 is 0. The largest absolute Gasteiger partial charge is 0.452 e. The van der Waals surface area contributed by atoms with Crippen molar-refractivity contribution in [2.75, 3.05) is 18.1 Å². The third-order valence-corrected chi connectivity index (χ3v) is 6.59. The maximum Gasteiger partial charge on any atom is 0.414 e. The molecule has 7 heteroatoms. The van der Waals surface area contributed by atoms with E-state index in [0.717, 1.165) is 0 Å². The van der Waals surface area contributed by atoms with E-state index in [9.17, 15) is 9.59 Å². The highest BCUT2D eigenvalue weighted by molar-refractivity contribution is 6.00. The first-order valence-electron chi connectivity index (χ1n) is 14.3. The van der Waals surface area contributed by atoms with E-state index in [0.29, 0.717) is 47.6 Å². The van der Waals surface area contributed by atoms with Crippen LogP contribution < -0.4 is 9.64 Å². The van der Waals surface area contributed by atoms with Crippen molar-refractivity contribution in [2.45, 2.75) is 93.7 Å². The Morgan fingerprint density at radius 1 is 1.00 bits per heavy atom. The molecule has 0 saturated heterocycles. The van der Waals surface area contributed by atoms with Crippen LogP contribution in [0, 0.1) is 17.8 Å². The molecule has 7 nitrogen and oxygen atoms in total. The molecule has 0 spiro atoms. The van der Waals surface area contributed by atoms with Crippen molar-refractivity contribution < 1.29 is 28.5 Å². The number of carbonyl (C=O) groups excluding carboxylic acids is 2. The summed E-state index contributed by atoms with van der Waals surface area (Å²) in [6.07, 6.45) is 11.5. The second kappa shape index (κ2) is 14.0. The van der Waals surface area contributed by atoms with Crippen molar-refractivity contribution in [1.82, 2.24) is 0 Å². The molecule has 1 aliphatic heterocycles. The molecule has 222 valence electrons. The highest BCUT2D eigenvalue weighted by atomic mass is 16.7. The number of ether oxygens (including phenoxy) is 4.